The maximum absolute atomic E-state index is 3.16. The number of hydrogen-bond donors (Lipinski definition) is 2. The van der Waals surface area contributed by atoms with Crippen molar-refractivity contribution < 1.29 is 9.41 Å². The maximum atomic E-state index is 3.16. The maximum Gasteiger partial charge on any atom is 0.138 e. The number of allylic oxidation sites excluding steroid dienone is 2. The molecule has 0 radical (unpaired) electrons. The third-order valence-electron chi connectivity index (χ3n) is 1.78. The van der Waals surface area contributed by atoms with Crippen molar-refractivity contribution in [2.24, 2.45) is 0 Å². The van der Waals surface area contributed by atoms with Gasteiger partial charge in [-0.25, -0.2) is 0 Å². The number of nitrogens with one attached hydrogen (secondary N) is 2. The van der Waals surface area contributed by atoms with Gasteiger partial charge in [-0.05, 0) is 12.2 Å². The highest BCUT2D eigenvalue weighted by Crippen LogP contribution is 2.02. The highest BCUT2D eigenvalue weighted by atomic mass is 19.0. The van der Waals surface area contributed by atoms with Gasteiger partial charge in [-0.3, -0.25) is 0 Å². The minimum atomic E-state index is 0. The van der Waals surface area contributed by atoms with Gasteiger partial charge in [-0.15, -0.1) is 15.6 Å². The summed E-state index contributed by atoms with van der Waals surface area (Å²) < 4.78 is 0.622. The molecule has 4 heteroatoms. The van der Waals surface area contributed by atoms with Crippen LogP contribution in [0.5, 0.6) is 0 Å². The van der Waals surface area contributed by atoms with E-state index in [1.165, 1.54) is 0 Å². The molecular weight excluding hydrogens is 145 g/mol. The smallest absolute Gasteiger partial charge is 0.138 e. The van der Waals surface area contributed by atoms with Gasteiger partial charge in [0.15, 0.2) is 0 Å². The molecular formula is C7H14FN3. The molecule has 0 spiro atoms. The molecule has 0 atom stereocenters. The van der Waals surface area contributed by atoms with E-state index in [9.17, 15) is 0 Å². The summed E-state index contributed by atoms with van der Waals surface area (Å²) >= 11 is 0. The molecule has 64 valence electrons. The van der Waals surface area contributed by atoms with Gasteiger partial charge < -0.3 is 4.70 Å². The van der Waals surface area contributed by atoms with Crippen molar-refractivity contribution in [2.75, 3.05) is 20.6 Å². The number of quaternary nitrogens is 1. The van der Waals surface area contributed by atoms with E-state index < -0.39 is 0 Å². The van der Waals surface area contributed by atoms with Gasteiger partial charge in [-0.2, -0.15) is 0 Å². The summed E-state index contributed by atoms with van der Waals surface area (Å²) in [5.41, 5.74) is 6.31. The first kappa shape index (κ1) is 10.3. The summed E-state index contributed by atoms with van der Waals surface area (Å²) in [7, 11) is 3.86. The minimum absolute atomic E-state index is 0. The van der Waals surface area contributed by atoms with Crippen LogP contribution in [0.25, 0.3) is 0 Å². The molecule has 0 fully saturated rings. The lowest BCUT2D eigenvalue weighted by Crippen LogP contribution is -3.00. The predicted molar refractivity (Wildman–Crippen MR) is 41.5 cm³/mol. The van der Waals surface area contributed by atoms with E-state index in [4.69, 9.17) is 0 Å². The molecule has 0 aliphatic carbocycles. The van der Waals surface area contributed by atoms with Crippen molar-refractivity contribution in [3.05, 3.63) is 24.4 Å². The van der Waals surface area contributed by atoms with Crippen LogP contribution in [0.2, 0.25) is 0 Å². The summed E-state index contributed by atoms with van der Waals surface area (Å²) in [6, 6.07) is 0. The van der Waals surface area contributed by atoms with Crippen LogP contribution in [0.15, 0.2) is 24.4 Å². The molecule has 0 saturated heterocycles. The normalized spacial score (nSPS) is 19.5. The minimum Gasteiger partial charge on any atom is -1.00 e. The van der Waals surface area contributed by atoms with Crippen LogP contribution in [0.4, 0.5) is 0 Å². The first-order valence-corrected chi connectivity index (χ1v) is 3.43. The average Bonchev–Trinajstić information content (AvgIpc) is 2.06. The fourth-order valence-electron chi connectivity index (χ4n) is 1.01. The Morgan fingerprint density at radius 3 is 2.09 bits per heavy atom. The highest BCUT2D eigenvalue weighted by Gasteiger charge is 2.20. The zero-order chi connectivity index (χ0) is 7.45. The summed E-state index contributed by atoms with van der Waals surface area (Å²) in [4.78, 5) is 0. The zero-order valence-corrected chi connectivity index (χ0v) is 6.84. The molecule has 0 amide bonds. The van der Waals surface area contributed by atoms with E-state index in [1.54, 1.807) is 0 Å². The van der Waals surface area contributed by atoms with E-state index in [-0.39, 0.29) is 4.70 Å². The topological polar surface area (TPSA) is 24.1 Å². The molecule has 1 aliphatic heterocycles. The van der Waals surface area contributed by atoms with Crippen LogP contribution < -0.4 is 15.6 Å². The number of nitrogens with zero attached hydrogens (tertiary/aromatic N) is 1. The van der Waals surface area contributed by atoms with E-state index in [2.05, 4.69) is 23.1 Å². The fraction of sp³-hybridized carbons (Fsp3) is 0.429. The monoisotopic (exact) mass is 159 g/mol. The second-order valence-corrected chi connectivity index (χ2v) is 2.27. The molecule has 1 aliphatic rings. The van der Waals surface area contributed by atoms with Gasteiger partial charge in [0.05, 0.1) is 0 Å². The fourth-order valence-corrected chi connectivity index (χ4v) is 1.01. The first-order chi connectivity index (χ1) is 4.83. The van der Waals surface area contributed by atoms with Crippen LogP contribution in [-0.2, 0) is 0 Å². The van der Waals surface area contributed by atoms with Gasteiger partial charge >= 0.3 is 0 Å². The van der Waals surface area contributed by atoms with E-state index in [0.717, 1.165) is 6.54 Å². The number of hydrogen-bond acceptors (Lipinski definition) is 2. The molecule has 3 nitrogen and oxygen atoms in total. The summed E-state index contributed by atoms with van der Waals surface area (Å²) in [5.74, 6) is 0. The van der Waals surface area contributed by atoms with Crippen molar-refractivity contribution in [2.45, 2.75) is 0 Å². The van der Waals surface area contributed by atoms with Crippen LogP contribution >= 0.6 is 0 Å². The zero-order valence-electron chi connectivity index (χ0n) is 6.84. The lowest BCUT2D eigenvalue weighted by atomic mass is 10.4. The van der Waals surface area contributed by atoms with Crippen LogP contribution in [0, 0.1) is 0 Å². The van der Waals surface area contributed by atoms with Crippen LogP contribution in [-0.4, -0.2) is 25.3 Å². The number of rotatable bonds is 2. The molecule has 1 rings (SSSR count). The largest absolute Gasteiger partial charge is 1.00 e. The summed E-state index contributed by atoms with van der Waals surface area (Å²) in [6.45, 7) is 0.948. The van der Waals surface area contributed by atoms with Crippen molar-refractivity contribution in [3.8, 4) is 0 Å². The second-order valence-electron chi connectivity index (χ2n) is 2.27. The van der Waals surface area contributed by atoms with E-state index in [1.807, 2.05) is 26.2 Å². The van der Waals surface area contributed by atoms with Crippen LogP contribution in [0.1, 0.15) is 0 Å². The Kier molecular flexibility index (Phi) is 3.95. The molecule has 0 unspecified atom stereocenters. The molecule has 0 bridgehead atoms. The summed E-state index contributed by atoms with van der Waals surface area (Å²) in [6.07, 6.45) is 8.26. The third kappa shape index (κ3) is 2.11. The highest BCUT2D eigenvalue weighted by molar-refractivity contribution is 5.03. The van der Waals surface area contributed by atoms with E-state index >= 15 is 0 Å². The molecule has 0 saturated carbocycles. The van der Waals surface area contributed by atoms with Crippen molar-refractivity contribution in [1.29, 1.82) is 0 Å². The lowest BCUT2D eigenvalue weighted by Gasteiger charge is -2.30. The summed E-state index contributed by atoms with van der Waals surface area (Å²) in [5, 5.41) is 0. The van der Waals surface area contributed by atoms with Gasteiger partial charge in [-0.1, -0.05) is 6.08 Å². The second kappa shape index (κ2) is 4.23. The molecule has 0 aromatic rings. The first-order valence-electron chi connectivity index (χ1n) is 3.43. The standard InChI is InChI=1S/C7H14N3.FH/c1-8-10(9-2)6-4-3-5-7-10;/h3-6,8-9H,7H2,1-2H3;1H/q+1;/p-1. The third-order valence-corrected chi connectivity index (χ3v) is 1.78. The molecule has 1 heterocycles. The van der Waals surface area contributed by atoms with Gasteiger partial charge in [0.1, 0.15) is 12.7 Å². The molecule has 2 N–H and O–H groups in total. The molecule has 11 heavy (non-hydrogen) atoms. The van der Waals surface area contributed by atoms with Crippen molar-refractivity contribution >= 4 is 0 Å². The van der Waals surface area contributed by atoms with Crippen molar-refractivity contribution in [3.63, 3.8) is 0 Å². The average molecular weight is 159 g/mol. The van der Waals surface area contributed by atoms with Gasteiger partial charge in [0.25, 0.3) is 0 Å². The number of halogens is 1. The molecule has 0 aromatic carbocycles. The Morgan fingerprint density at radius 2 is 1.82 bits per heavy atom. The quantitative estimate of drug-likeness (QED) is 0.424. The van der Waals surface area contributed by atoms with Crippen LogP contribution in [0.3, 0.4) is 0 Å². The predicted octanol–water partition coefficient (Wildman–Crippen LogP) is -2.84. The molecule has 0 aromatic heterocycles. The Bertz CT molecular complexity index is 161. The van der Waals surface area contributed by atoms with E-state index in [0.29, 0.717) is 4.70 Å². The van der Waals surface area contributed by atoms with Gasteiger partial charge in [0, 0.05) is 14.1 Å². The lowest BCUT2D eigenvalue weighted by molar-refractivity contribution is -0.956. The van der Waals surface area contributed by atoms with Gasteiger partial charge in [0.2, 0.25) is 0 Å². The van der Waals surface area contributed by atoms with Crippen molar-refractivity contribution in [1.82, 2.24) is 10.9 Å². The Hall–Kier alpha value is -0.710. The Balaban J connectivity index is 0.000001000. The Labute approximate surface area is 66.3 Å². The SMILES string of the molecule is CN[N+]1(NC)C=CC=CC1.[F-]. The Morgan fingerprint density at radius 1 is 1.18 bits per heavy atom.